The van der Waals surface area contributed by atoms with E-state index in [-0.39, 0.29) is 17.9 Å². The van der Waals surface area contributed by atoms with Crippen LogP contribution in [0.4, 0.5) is 0 Å². The predicted octanol–water partition coefficient (Wildman–Crippen LogP) is 3.48. The quantitative estimate of drug-likeness (QED) is 0.355. The smallest absolute Gasteiger partial charge is 0.295 e. The molecule has 1 fully saturated rings. The molecule has 1 atom stereocenters. The summed E-state index contributed by atoms with van der Waals surface area (Å²) in [7, 11) is 1.52. The number of carbonyl (C=O) groups is 2. The van der Waals surface area contributed by atoms with Crippen LogP contribution >= 0.6 is 0 Å². The SMILES string of the molecule is COc1ccccc1[C@@H]1/C(=C(\O)c2ccc3c(c2)OCCO3)C(=O)C(=O)N1Cc1cccnc1. The number of amides is 1. The van der Waals surface area contributed by atoms with Gasteiger partial charge in [-0.15, -0.1) is 0 Å². The van der Waals surface area contributed by atoms with Crippen molar-refractivity contribution < 1.29 is 28.9 Å². The minimum absolute atomic E-state index is 0.0185. The van der Waals surface area contributed by atoms with Gasteiger partial charge in [0.05, 0.1) is 18.7 Å². The second kappa shape index (κ2) is 8.90. The Balaban J connectivity index is 1.66. The van der Waals surface area contributed by atoms with Crippen LogP contribution in [0, 0.1) is 0 Å². The fraction of sp³-hybridized carbons (Fsp3) is 0.192. The molecule has 1 saturated heterocycles. The number of aliphatic hydroxyl groups excluding tert-OH is 1. The summed E-state index contributed by atoms with van der Waals surface area (Å²) >= 11 is 0. The topological polar surface area (TPSA) is 98.2 Å². The summed E-state index contributed by atoms with van der Waals surface area (Å²) in [6.07, 6.45) is 3.27. The van der Waals surface area contributed by atoms with E-state index in [4.69, 9.17) is 14.2 Å². The summed E-state index contributed by atoms with van der Waals surface area (Å²) in [6, 6.07) is 14.8. The molecule has 8 heteroatoms. The van der Waals surface area contributed by atoms with Crippen molar-refractivity contribution in [3.05, 3.63) is 89.3 Å². The molecule has 0 spiro atoms. The number of likely N-dealkylation sites (tertiary alicyclic amines) is 1. The monoisotopic (exact) mass is 458 g/mol. The molecule has 0 bridgehead atoms. The Bertz CT molecular complexity index is 1290. The Hall–Kier alpha value is -4.33. The van der Waals surface area contributed by atoms with E-state index in [1.54, 1.807) is 60.9 Å². The highest BCUT2D eigenvalue weighted by Gasteiger charge is 2.47. The minimum Gasteiger partial charge on any atom is -0.507 e. The molecule has 0 saturated carbocycles. The fourth-order valence-electron chi connectivity index (χ4n) is 4.29. The molecule has 1 amide bonds. The van der Waals surface area contributed by atoms with Crippen molar-refractivity contribution >= 4 is 17.4 Å². The highest BCUT2D eigenvalue weighted by Crippen LogP contribution is 2.44. The summed E-state index contributed by atoms with van der Waals surface area (Å²) in [5.74, 6) is -0.251. The number of methoxy groups -OCH3 is 1. The molecule has 5 rings (SSSR count). The number of pyridine rings is 1. The summed E-state index contributed by atoms with van der Waals surface area (Å²) in [5.41, 5.74) is 1.68. The molecule has 0 unspecified atom stereocenters. The fourth-order valence-corrected chi connectivity index (χ4v) is 4.29. The number of aromatic nitrogens is 1. The van der Waals surface area contributed by atoms with Gasteiger partial charge in [-0.05, 0) is 35.9 Å². The van der Waals surface area contributed by atoms with Crippen molar-refractivity contribution in [2.75, 3.05) is 20.3 Å². The van der Waals surface area contributed by atoms with E-state index in [1.807, 2.05) is 6.07 Å². The Morgan fingerprint density at radius 2 is 1.88 bits per heavy atom. The first-order valence-corrected chi connectivity index (χ1v) is 10.8. The van der Waals surface area contributed by atoms with Gasteiger partial charge in [0, 0.05) is 30.1 Å². The first-order chi connectivity index (χ1) is 16.6. The van der Waals surface area contributed by atoms with E-state index in [0.717, 1.165) is 5.56 Å². The number of hydrogen-bond acceptors (Lipinski definition) is 7. The van der Waals surface area contributed by atoms with E-state index in [9.17, 15) is 14.7 Å². The molecule has 0 radical (unpaired) electrons. The number of rotatable bonds is 5. The maximum atomic E-state index is 13.3. The van der Waals surface area contributed by atoms with Gasteiger partial charge >= 0.3 is 0 Å². The van der Waals surface area contributed by atoms with Crippen molar-refractivity contribution in [2.45, 2.75) is 12.6 Å². The maximum Gasteiger partial charge on any atom is 0.295 e. The molecule has 34 heavy (non-hydrogen) atoms. The number of para-hydroxylation sites is 1. The van der Waals surface area contributed by atoms with E-state index >= 15 is 0 Å². The zero-order valence-corrected chi connectivity index (χ0v) is 18.4. The Labute approximate surface area is 196 Å². The lowest BCUT2D eigenvalue weighted by atomic mass is 9.94. The third kappa shape index (κ3) is 3.73. The zero-order valence-electron chi connectivity index (χ0n) is 18.4. The van der Waals surface area contributed by atoms with Gasteiger partial charge in [0.25, 0.3) is 11.7 Å². The van der Waals surface area contributed by atoms with Crippen LogP contribution in [0.2, 0.25) is 0 Å². The maximum absolute atomic E-state index is 13.3. The molecule has 3 aromatic rings. The van der Waals surface area contributed by atoms with Crippen LogP contribution in [0.3, 0.4) is 0 Å². The van der Waals surface area contributed by atoms with Gasteiger partial charge in [-0.3, -0.25) is 14.6 Å². The van der Waals surface area contributed by atoms with Crippen molar-refractivity contribution in [1.29, 1.82) is 0 Å². The van der Waals surface area contributed by atoms with Gasteiger partial charge in [0.2, 0.25) is 0 Å². The zero-order chi connectivity index (χ0) is 23.7. The second-order valence-corrected chi connectivity index (χ2v) is 7.89. The highest BCUT2D eigenvalue weighted by atomic mass is 16.6. The first-order valence-electron chi connectivity index (χ1n) is 10.8. The average molecular weight is 458 g/mol. The lowest BCUT2D eigenvalue weighted by Gasteiger charge is -2.26. The molecule has 2 aliphatic rings. The van der Waals surface area contributed by atoms with E-state index in [1.165, 1.54) is 12.0 Å². The Kier molecular flexibility index (Phi) is 5.63. The Morgan fingerprint density at radius 3 is 2.65 bits per heavy atom. The van der Waals surface area contributed by atoms with E-state index < -0.39 is 17.7 Å². The van der Waals surface area contributed by atoms with Gasteiger partial charge in [0.1, 0.15) is 24.7 Å². The largest absolute Gasteiger partial charge is 0.507 e. The number of ketones is 1. The number of hydrogen-bond donors (Lipinski definition) is 1. The molecule has 172 valence electrons. The van der Waals surface area contributed by atoms with Crippen molar-refractivity contribution in [1.82, 2.24) is 9.88 Å². The summed E-state index contributed by atoms with van der Waals surface area (Å²) in [6.45, 7) is 0.957. The lowest BCUT2D eigenvalue weighted by Crippen LogP contribution is -2.29. The summed E-state index contributed by atoms with van der Waals surface area (Å²) in [5, 5.41) is 11.3. The van der Waals surface area contributed by atoms with Crippen molar-refractivity contribution in [3.8, 4) is 17.2 Å². The third-order valence-electron chi connectivity index (χ3n) is 5.86. The number of fused-ring (bicyclic) bond motifs is 1. The minimum atomic E-state index is -0.857. The molecular formula is C26H22N2O6. The van der Waals surface area contributed by atoms with Gasteiger partial charge in [-0.1, -0.05) is 24.3 Å². The van der Waals surface area contributed by atoms with Crippen LogP contribution in [0.1, 0.15) is 22.7 Å². The predicted molar refractivity (Wildman–Crippen MR) is 123 cm³/mol. The normalized spacial score (nSPS) is 18.7. The molecule has 3 heterocycles. The summed E-state index contributed by atoms with van der Waals surface area (Å²) < 4.78 is 16.7. The molecule has 1 aromatic heterocycles. The Morgan fingerprint density at radius 1 is 1.09 bits per heavy atom. The number of benzene rings is 2. The first kappa shape index (κ1) is 21.5. The van der Waals surface area contributed by atoms with Crippen molar-refractivity contribution in [3.63, 3.8) is 0 Å². The molecule has 1 N–H and O–H groups in total. The van der Waals surface area contributed by atoms with Crippen LogP contribution in [0.25, 0.3) is 5.76 Å². The van der Waals surface area contributed by atoms with Crippen LogP contribution in [-0.2, 0) is 16.1 Å². The van der Waals surface area contributed by atoms with Crippen LogP contribution in [-0.4, -0.2) is 47.0 Å². The van der Waals surface area contributed by atoms with Gasteiger partial charge in [0.15, 0.2) is 11.5 Å². The molecular weight excluding hydrogens is 436 g/mol. The van der Waals surface area contributed by atoms with E-state index in [0.29, 0.717) is 41.6 Å². The lowest BCUT2D eigenvalue weighted by molar-refractivity contribution is -0.140. The molecule has 2 aliphatic heterocycles. The number of carbonyl (C=O) groups excluding carboxylic acids is 2. The highest BCUT2D eigenvalue weighted by molar-refractivity contribution is 6.46. The van der Waals surface area contributed by atoms with Crippen LogP contribution in [0.15, 0.2) is 72.6 Å². The molecule has 2 aromatic carbocycles. The van der Waals surface area contributed by atoms with Gasteiger partial charge in [-0.2, -0.15) is 0 Å². The number of aliphatic hydroxyl groups is 1. The standard InChI is InChI=1S/C26H22N2O6/c1-32-19-7-3-2-6-18(19)23-22(24(29)17-8-9-20-21(13-17)34-12-11-33-20)25(30)26(31)28(23)15-16-5-4-10-27-14-16/h2-10,13-14,23,29H,11-12,15H2,1H3/b24-22+/t23-/m1/s1. The third-order valence-corrected chi connectivity index (χ3v) is 5.86. The summed E-state index contributed by atoms with van der Waals surface area (Å²) in [4.78, 5) is 32.0. The van der Waals surface area contributed by atoms with Gasteiger partial charge < -0.3 is 24.2 Å². The van der Waals surface area contributed by atoms with E-state index in [2.05, 4.69) is 4.98 Å². The number of nitrogens with zero attached hydrogens (tertiary/aromatic N) is 2. The number of ether oxygens (including phenoxy) is 3. The molecule has 0 aliphatic carbocycles. The molecule has 8 nitrogen and oxygen atoms in total. The van der Waals surface area contributed by atoms with Crippen molar-refractivity contribution in [2.24, 2.45) is 0 Å². The van der Waals surface area contributed by atoms with Crippen LogP contribution < -0.4 is 14.2 Å². The second-order valence-electron chi connectivity index (χ2n) is 7.89. The average Bonchev–Trinajstić information content (AvgIpc) is 3.13. The van der Waals surface area contributed by atoms with Gasteiger partial charge in [-0.25, -0.2) is 0 Å². The number of Topliss-reactive ketones (excluding diaryl/α,β-unsaturated/α-hetero) is 1. The van der Waals surface area contributed by atoms with Crippen LogP contribution in [0.5, 0.6) is 17.2 Å².